The molecular formula is C20H36O4. The fourth-order valence-electron chi connectivity index (χ4n) is 2.62. The maximum Gasteiger partial charge on any atom is 0.334 e. The molecule has 0 atom stereocenters. The molecule has 0 amide bonds. The van der Waals surface area contributed by atoms with Crippen LogP contribution in [0.2, 0.25) is 0 Å². The van der Waals surface area contributed by atoms with Gasteiger partial charge in [-0.05, 0) is 19.3 Å². The lowest BCUT2D eigenvalue weighted by molar-refractivity contribution is -0.140. The molecule has 0 heterocycles. The van der Waals surface area contributed by atoms with Crippen molar-refractivity contribution in [2.75, 3.05) is 6.61 Å². The highest BCUT2D eigenvalue weighted by atomic mass is 16.5. The van der Waals surface area contributed by atoms with Gasteiger partial charge in [-0.15, -0.1) is 0 Å². The monoisotopic (exact) mass is 340 g/mol. The highest BCUT2D eigenvalue weighted by Crippen LogP contribution is 2.14. The van der Waals surface area contributed by atoms with Crippen molar-refractivity contribution < 1.29 is 19.4 Å². The van der Waals surface area contributed by atoms with E-state index in [1.807, 2.05) is 0 Å². The Hall–Kier alpha value is -1.32. The van der Waals surface area contributed by atoms with Gasteiger partial charge < -0.3 is 9.84 Å². The van der Waals surface area contributed by atoms with Gasteiger partial charge >= 0.3 is 11.9 Å². The maximum absolute atomic E-state index is 12.0. The van der Waals surface area contributed by atoms with Gasteiger partial charge in [0.2, 0.25) is 0 Å². The second-order valence-electron chi connectivity index (χ2n) is 6.43. The molecule has 0 aliphatic heterocycles. The standard InChI is InChI=1S/C20H36O4/c1-3-5-7-9-11-13-15-18(17-19(21)22)20(23)24-16-14-12-10-8-6-4-2/h17H,3-16H2,1-2H3,(H,21,22). The third-order valence-corrected chi connectivity index (χ3v) is 4.09. The second kappa shape index (κ2) is 16.5. The Bertz CT molecular complexity index is 361. The van der Waals surface area contributed by atoms with E-state index in [-0.39, 0.29) is 0 Å². The highest BCUT2D eigenvalue weighted by molar-refractivity contribution is 5.95. The van der Waals surface area contributed by atoms with Gasteiger partial charge in [-0.1, -0.05) is 78.1 Å². The molecule has 0 aromatic carbocycles. The number of rotatable bonds is 16. The summed E-state index contributed by atoms with van der Waals surface area (Å²) < 4.78 is 5.24. The summed E-state index contributed by atoms with van der Waals surface area (Å²) >= 11 is 0. The number of hydrogen-bond acceptors (Lipinski definition) is 3. The smallest absolute Gasteiger partial charge is 0.334 e. The number of carboxylic acid groups (broad SMARTS) is 1. The molecule has 0 aromatic rings. The first-order chi connectivity index (χ1) is 11.6. The second-order valence-corrected chi connectivity index (χ2v) is 6.43. The van der Waals surface area contributed by atoms with Crippen LogP contribution in [0.25, 0.3) is 0 Å². The molecule has 4 nitrogen and oxygen atoms in total. The van der Waals surface area contributed by atoms with E-state index in [0.717, 1.165) is 38.2 Å². The molecule has 1 N–H and O–H groups in total. The molecule has 0 spiro atoms. The third-order valence-electron chi connectivity index (χ3n) is 4.09. The first kappa shape index (κ1) is 22.7. The van der Waals surface area contributed by atoms with E-state index < -0.39 is 11.9 Å². The molecule has 24 heavy (non-hydrogen) atoms. The zero-order valence-corrected chi connectivity index (χ0v) is 15.6. The van der Waals surface area contributed by atoms with E-state index in [2.05, 4.69) is 13.8 Å². The molecule has 0 aliphatic carbocycles. The zero-order chi connectivity index (χ0) is 18.0. The minimum Gasteiger partial charge on any atom is -0.478 e. The average molecular weight is 341 g/mol. The lowest BCUT2D eigenvalue weighted by atomic mass is 10.0. The summed E-state index contributed by atoms with van der Waals surface area (Å²) in [6.45, 7) is 4.74. The number of aliphatic carboxylic acids is 1. The van der Waals surface area contributed by atoms with Crippen molar-refractivity contribution in [1.82, 2.24) is 0 Å². The van der Waals surface area contributed by atoms with Gasteiger partial charge in [-0.3, -0.25) is 0 Å². The highest BCUT2D eigenvalue weighted by Gasteiger charge is 2.12. The normalized spacial score (nSPS) is 11.5. The van der Waals surface area contributed by atoms with Crippen LogP contribution in [-0.4, -0.2) is 23.7 Å². The van der Waals surface area contributed by atoms with Crippen molar-refractivity contribution in [2.24, 2.45) is 0 Å². The molecule has 0 rings (SSSR count). The number of ether oxygens (including phenoxy) is 1. The maximum atomic E-state index is 12.0. The number of hydrogen-bond donors (Lipinski definition) is 1. The van der Waals surface area contributed by atoms with Crippen molar-refractivity contribution in [1.29, 1.82) is 0 Å². The van der Waals surface area contributed by atoms with Crippen LogP contribution in [0.4, 0.5) is 0 Å². The number of esters is 1. The van der Waals surface area contributed by atoms with Gasteiger partial charge in [0.25, 0.3) is 0 Å². The van der Waals surface area contributed by atoms with Crippen LogP contribution in [0.15, 0.2) is 11.6 Å². The number of carboxylic acids is 1. The quantitative estimate of drug-likeness (QED) is 0.224. The van der Waals surface area contributed by atoms with Crippen molar-refractivity contribution in [3.8, 4) is 0 Å². The summed E-state index contributed by atoms with van der Waals surface area (Å²) in [5, 5.41) is 8.91. The Morgan fingerprint density at radius 3 is 1.83 bits per heavy atom. The Morgan fingerprint density at radius 1 is 0.792 bits per heavy atom. The van der Waals surface area contributed by atoms with Crippen molar-refractivity contribution in [2.45, 2.75) is 97.3 Å². The molecule has 0 bridgehead atoms. The summed E-state index contributed by atoms with van der Waals surface area (Å²) in [7, 11) is 0. The molecule has 0 aliphatic rings. The summed E-state index contributed by atoms with van der Waals surface area (Å²) in [6.07, 6.45) is 14.9. The van der Waals surface area contributed by atoms with Gasteiger partial charge in [-0.2, -0.15) is 0 Å². The predicted octanol–water partition coefficient (Wildman–Crippen LogP) is 5.65. The SMILES string of the molecule is CCCCCCCCOC(=O)C(=CC(=O)O)CCCCCCCC. The Kier molecular flexibility index (Phi) is 15.6. The molecule has 4 heteroatoms. The molecule has 140 valence electrons. The van der Waals surface area contributed by atoms with Crippen LogP contribution >= 0.6 is 0 Å². The van der Waals surface area contributed by atoms with Crippen LogP contribution in [0.3, 0.4) is 0 Å². The largest absolute Gasteiger partial charge is 0.478 e. The molecule has 0 saturated heterocycles. The van der Waals surface area contributed by atoms with Gasteiger partial charge in [0, 0.05) is 11.6 Å². The summed E-state index contributed by atoms with van der Waals surface area (Å²) in [5.41, 5.74) is 0.295. The fraction of sp³-hybridized carbons (Fsp3) is 0.800. The number of carbonyl (C=O) groups excluding carboxylic acids is 1. The predicted molar refractivity (Wildman–Crippen MR) is 98.0 cm³/mol. The lowest BCUT2D eigenvalue weighted by Gasteiger charge is -2.08. The summed E-state index contributed by atoms with van der Waals surface area (Å²) in [6, 6.07) is 0. The van der Waals surface area contributed by atoms with Gasteiger partial charge in [0.05, 0.1) is 6.61 Å². The first-order valence-electron chi connectivity index (χ1n) is 9.72. The molecule has 0 unspecified atom stereocenters. The topological polar surface area (TPSA) is 63.6 Å². The average Bonchev–Trinajstić information content (AvgIpc) is 2.55. The molecule has 0 saturated carbocycles. The van der Waals surface area contributed by atoms with Gasteiger partial charge in [-0.25, -0.2) is 9.59 Å². The van der Waals surface area contributed by atoms with E-state index in [1.165, 1.54) is 44.9 Å². The van der Waals surface area contributed by atoms with E-state index >= 15 is 0 Å². The number of carbonyl (C=O) groups is 2. The Balaban J connectivity index is 3.98. The van der Waals surface area contributed by atoms with Crippen LogP contribution in [0.5, 0.6) is 0 Å². The van der Waals surface area contributed by atoms with Crippen LogP contribution < -0.4 is 0 Å². The third kappa shape index (κ3) is 14.3. The Morgan fingerprint density at radius 2 is 1.29 bits per heavy atom. The summed E-state index contributed by atoms with van der Waals surface area (Å²) in [4.78, 5) is 22.9. The van der Waals surface area contributed by atoms with E-state index in [0.29, 0.717) is 18.6 Å². The zero-order valence-electron chi connectivity index (χ0n) is 15.6. The molecule has 0 radical (unpaired) electrons. The number of unbranched alkanes of at least 4 members (excludes halogenated alkanes) is 10. The minimum absolute atomic E-state index is 0.295. The van der Waals surface area contributed by atoms with E-state index in [4.69, 9.17) is 9.84 Å². The van der Waals surface area contributed by atoms with Crippen LogP contribution in [-0.2, 0) is 14.3 Å². The van der Waals surface area contributed by atoms with Gasteiger partial charge in [0.15, 0.2) is 0 Å². The molecular weight excluding hydrogens is 304 g/mol. The summed E-state index contributed by atoms with van der Waals surface area (Å²) in [5.74, 6) is -1.54. The Labute approximate surface area is 147 Å². The van der Waals surface area contributed by atoms with Crippen molar-refractivity contribution >= 4 is 11.9 Å². The van der Waals surface area contributed by atoms with E-state index in [9.17, 15) is 9.59 Å². The van der Waals surface area contributed by atoms with Crippen molar-refractivity contribution in [3.05, 3.63) is 11.6 Å². The lowest BCUT2D eigenvalue weighted by Crippen LogP contribution is -2.11. The first-order valence-corrected chi connectivity index (χ1v) is 9.72. The van der Waals surface area contributed by atoms with Crippen LogP contribution in [0, 0.1) is 0 Å². The fourth-order valence-corrected chi connectivity index (χ4v) is 2.62. The van der Waals surface area contributed by atoms with Gasteiger partial charge in [0.1, 0.15) is 0 Å². The minimum atomic E-state index is -1.08. The van der Waals surface area contributed by atoms with Crippen LogP contribution in [0.1, 0.15) is 97.3 Å². The van der Waals surface area contributed by atoms with E-state index in [1.54, 1.807) is 0 Å². The van der Waals surface area contributed by atoms with Crippen molar-refractivity contribution in [3.63, 3.8) is 0 Å². The molecule has 0 aromatic heterocycles. The molecule has 0 fully saturated rings.